The van der Waals surface area contributed by atoms with E-state index in [2.05, 4.69) is 15.9 Å². The van der Waals surface area contributed by atoms with E-state index in [1.54, 1.807) is 49.6 Å². The molecule has 0 spiro atoms. The van der Waals surface area contributed by atoms with Crippen molar-refractivity contribution in [2.75, 3.05) is 14.2 Å². The maximum absolute atomic E-state index is 13.3. The molecule has 0 N–H and O–H groups in total. The standard InChI is InChI=1S/C27H22BrNO5S2/c1-32-22-14-18(10-13-21(22)34-16-17-8-11-20(28)12-9-17)15-23-25(30)29(27(35)36-23)24(26(31)33-2)19-6-4-3-5-7-19/h3-15,24H,16H2,1-2H3/b23-15+. The molecular formula is C27H22BrNO5S2. The van der Waals surface area contributed by atoms with Gasteiger partial charge in [-0.1, -0.05) is 88.4 Å². The van der Waals surface area contributed by atoms with Crippen molar-refractivity contribution in [1.82, 2.24) is 4.90 Å². The molecule has 4 rings (SSSR count). The molecule has 0 saturated carbocycles. The van der Waals surface area contributed by atoms with E-state index in [0.29, 0.717) is 28.6 Å². The van der Waals surface area contributed by atoms with Crippen LogP contribution in [0.2, 0.25) is 0 Å². The van der Waals surface area contributed by atoms with Gasteiger partial charge < -0.3 is 14.2 Å². The Morgan fingerprint density at radius 2 is 1.78 bits per heavy atom. The Hall–Kier alpha value is -3.14. The van der Waals surface area contributed by atoms with Crippen molar-refractivity contribution in [3.63, 3.8) is 0 Å². The van der Waals surface area contributed by atoms with E-state index in [1.165, 1.54) is 12.0 Å². The van der Waals surface area contributed by atoms with Crippen LogP contribution in [0.4, 0.5) is 0 Å². The summed E-state index contributed by atoms with van der Waals surface area (Å²) in [5.74, 6) is 0.194. The molecule has 6 nitrogen and oxygen atoms in total. The number of benzene rings is 3. The van der Waals surface area contributed by atoms with E-state index in [0.717, 1.165) is 27.4 Å². The van der Waals surface area contributed by atoms with Gasteiger partial charge in [-0.25, -0.2) is 4.79 Å². The lowest BCUT2D eigenvalue weighted by atomic mass is 10.1. The minimum atomic E-state index is -0.960. The number of esters is 1. The van der Waals surface area contributed by atoms with Gasteiger partial charge in [-0.2, -0.15) is 0 Å². The topological polar surface area (TPSA) is 65.1 Å². The number of hydrogen-bond acceptors (Lipinski definition) is 7. The zero-order valence-corrected chi connectivity index (χ0v) is 22.7. The second-order valence-corrected chi connectivity index (χ2v) is 10.3. The fourth-order valence-corrected chi connectivity index (χ4v) is 5.20. The van der Waals surface area contributed by atoms with E-state index in [9.17, 15) is 9.59 Å². The summed E-state index contributed by atoms with van der Waals surface area (Å²) >= 11 is 10.0. The molecular weight excluding hydrogens is 562 g/mol. The minimum absolute atomic E-state index is 0.284. The summed E-state index contributed by atoms with van der Waals surface area (Å²) in [7, 11) is 2.85. The summed E-state index contributed by atoms with van der Waals surface area (Å²) in [5, 5.41) is 0. The van der Waals surface area contributed by atoms with Crippen LogP contribution in [0.15, 0.2) is 82.2 Å². The first kappa shape index (κ1) is 25.9. The van der Waals surface area contributed by atoms with Crippen molar-refractivity contribution >= 4 is 62.2 Å². The van der Waals surface area contributed by atoms with Crippen molar-refractivity contribution in [2.24, 2.45) is 0 Å². The van der Waals surface area contributed by atoms with Gasteiger partial charge in [0.25, 0.3) is 5.91 Å². The highest BCUT2D eigenvalue weighted by Crippen LogP contribution is 2.39. The van der Waals surface area contributed by atoms with Crippen LogP contribution in [0.25, 0.3) is 6.08 Å². The van der Waals surface area contributed by atoms with Gasteiger partial charge in [0.15, 0.2) is 17.5 Å². The zero-order chi connectivity index (χ0) is 25.7. The molecule has 9 heteroatoms. The Bertz CT molecular complexity index is 1310. The molecule has 0 aromatic heterocycles. The second-order valence-electron chi connectivity index (χ2n) is 7.71. The number of carbonyl (C=O) groups is 2. The molecule has 1 aliphatic rings. The minimum Gasteiger partial charge on any atom is -0.493 e. The Balaban J connectivity index is 1.56. The molecule has 0 aliphatic carbocycles. The van der Waals surface area contributed by atoms with Gasteiger partial charge >= 0.3 is 5.97 Å². The smallest absolute Gasteiger partial charge is 0.333 e. The lowest BCUT2D eigenvalue weighted by Crippen LogP contribution is -2.37. The zero-order valence-electron chi connectivity index (χ0n) is 19.5. The molecule has 3 aromatic carbocycles. The summed E-state index contributed by atoms with van der Waals surface area (Å²) in [6.45, 7) is 0.385. The van der Waals surface area contributed by atoms with Crippen molar-refractivity contribution in [3.05, 3.63) is 98.9 Å². The third-order valence-electron chi connectivity index (χ3n) is 5.41. The van der Waals surface area contributed by atoms with Crippen molar-refractivity contribution in [3.8, 4) is 11.5 Å². The Kier molecular flexibility index (Phi) is 8.45. The summed E-state index contributed by atoms with van der Waals surface area (Å²) in [4.78, 5) is 27.7. The fourth-order valence-electron chi connectivity index (χ4n) is 3.63. The van der Waals surface area contributed by atoms with E-state index in [-0.39, 0.29) is 10.2 Å². The lowest BCUT2D eigenvalue weighted by molar-refractivity contribution is -0.148. The number of rotatable bonds is 8. The number of hydrogen-bond donors (Lipinski definition) is 0. The van der Waals surface area contributed by atoms with Crippen LogP contribution in [-0.4, -0.2) is 35.3 Å². The first-order chi connectivity index (χ1) is 17.4. The molecule has 1 saturated heterocycles. The molecule has 3 aromatic rings. The summed E-state index contributed by atoms with van der Waals surface area (Å²) in [5.41, 5.74) is 2.38. The molecule has 1 aliphatic heterocycles. The van der Waals surface area contributed by atoms with Gasteiger partial charge in [0, 0.05) is 4.47 Å². The number of thioether (sulfide) groups is 1. The Morgan fingerprint density at radius 3 is 2.44 bits per heavy atom. The van der Waals surface area contributed by atoms with E-state index in [4.69, 9.17) is 26.4 Å². The normalized spacial score (nSPS) is 15.2. The van der Waals surface area contributed by atoms with E-state index < -0.39 is 12.0 Å². The highest BCUT2D eigenvalue weighted by Gasteiger charge is 2.41. The first-order valence-corrected chi connectivity index (χ1v) is 12.9. The van der Waals surface area contributed by atoms with Gasteiger partial charge in [-0.05, 0) is 47.0 Å². The highest BCUT2D eigenvalue weighted by atomic mass is 79.9. The van der Waals surface area contributed by atoms with Gasteiger partial charge in [0.2, 0.25) is 0 Å². The van der Waals surface area contributed by atoms with Crippen LogP contribution in [0.5, 0.6) is 11.5 Å². The molecule has 1 amide bonds. The van der Waals surface area contributed by atoms with Crippen LogP contribution in [0.1, 0.15) is 22.7 Å². The summed E-state index contributed by atoms with van der Waals surface area (Å²) in [6.07, 6.45) is 1.72. The number of nitrogens with zero attached hydrogens (tertiary/aromatic N) is 1. The molecule has 0 bridgehead atoms. The predicted octanol–water partition coefficient (Wildman–Crippen LogP) is 6.15. The highest BCUT2D eigenvalue weighted by molar-refractivity contribution is 9.10. The molecule has 0 radical (unpaired) electrons. The second kappa shape index (κ2) is 11.7. The molecule has 36 heavy (non-hydrogen) atoms. The molecule has 1 unspecified atom stereocenters. The third-order valence-corrected chi connectivity index (χ3v) is 7.27. The van der Waals surface area contributed by atoms with Crippen LogP contribution in [0.3, 0.4) is 0 Å². The van der Waals surface area contributed by atoms with Crippen LogP contribution >= 0.6 is 39.9 Å². The largest absolute Gasteiger partial charge is 0.493 e. The fraction of sp³-hybridized carbons (Fsp3) is 0.148. The predicted molar refractivity (Wildman–Crippen MR) is 148 cm³/mol. The number of methoxy groups -OCH3 is 2. The molecule has 1 heterocycles. The van der Waals surface area contributed by atoms with Crippen molar-refractivity contribution in [2.45, 2.75) is 12.6 Å². The van der Waals surface area contributed by atoms with Crippen molar-refractivity contribution < 1.29 is 23.8 Å². The first-order valence-electron chi connectivity index (χ1n) is 10.9. The van der Waals surface area contributed by atoms with E-state index in [1.807, 2.05) is 36.4 Å². The number of thiocarbonyl (C=S) groups is 1. The van der Waals surface area contributed by atoms with Gasteiger partial charge in [0.1, 0.15) is 10.9 Å². The maximum atomic E-state index is 13.3. The van der Waals surface area contributed by atoms with Gasteiger partial charge in [-0.3, -0.25) is 9.69 Å². The van der Waals surface area contributed by atoms with Gasteiger partial charge in [0.05, 0.1) is 19.1 Å². The maximum Gasteiger partial charge on any atom is 0.333 e. The van der Waals surface area contributed by atoms with Crippen LogP contribution < -0.4 is 9.47 Å². The monoisotopic (exact) mass is 583 g/mol. The average Bonchev–Trinajstić information content (AvgIpc) is 3.17. The number of carbonyl (C=O) groups excluding carboxylic acids is 2. The Labute approximate surface area is 227 Å². The van der Waals surface area contributed by atoms with Crippen LogP contribution in [-0.2, 0) is 20.9 Å². The number of amides is 1. The third kappa shape index (κ3) is 5.80. The number of ether oxygens (including phenoxy) is 3. The van der Waals surface area contributed by atoms with Crippen LogP contribution in [0, 0.1) is 0 Å². The summed E-state index contributed by atoms with van der Waals surface area (Å²) < 4.78 is 17.7. The quantitative estimate of drug-likeness (QED) is 0.179. The summed E-state index contributed by atoms with van der Waals surface area (Å²) in [6, 6.07) is 21.3. The number of halogens is 1. The average molecular weight is 585 g/mol. The van der Waals surface area contributed by atoms with Gasteiger partial charge in [-0.15, -0.1) is 0 Å². The van der Waals surface area contributed by atoms with E-state index >= 15 is 0 Å². The Morgan fingerprint density at radius 1 is 1.06 bits per heavy atom. The molecule has 1 fully saturated rings. The van der Waals surface area contributed by atoms with Crippen molar-refractivity contribution in [1.29, 1.82) is 0 Å². The lowest BCUT2D eigenvalue weighted by Gasteiger charge is -2.24. The molecule has 184 valence electrons. The SMILES string of the molecule is COC(=O)C(c1ccccc1)N1C(=O)/C(=C\c2ccc(OCc3ccc(Br)cc3)c(OC)c2)SC1=S. The molecule has 1 atom stereocenters.